The molecule has 0 bridgehead atoms. The molecule has 2 aliphatic rings. The third kappa shape index (κ3) is 4.60. The van der Waals surface area contributed by atoms with E-state index < -0.39 is 0 Å². The number of amides is 2. The molecule has 164 valence electrons. The van der Waals surface area contributed by atoms with Crippen molar-refractivity contribution in [3.8, 4) is 5.75 Å². The molecule has 1 aliphatic heterocycles. The number of nitrogens with one attached hydrogen (secondary N) is 1. The Morgan fingerprint density at radius 2 is 1.74 bits per heavy atom. The number of aromatic hydroxyl groups is 1. The number of benzene rings is 2. The first kappa shape index (κ1) is 21.4. The molecule has 2 aromatic carbocycles. The number of likely N-dealkylation sites (tertiary alicyclic amines) is 1. The number of hydrogen-bond acceptors (Lipinski definition) is 3. The maximum atomic E-state index is 12.8. The van der Waals surface area contributed by atoms with E-state index >= 15 is 0 Å². The molecule has 2 N–H and O–H groups in total. The van der Waals surface area contributed by atoms with Crippen molar-refractivity contribution >= 4 is 11.8 Å². The molecule has 1 saturated carbocycles. The number of aryl methyl sites for hydroxylation is 3. The van der Waals surface area contributed by atoms with E-state index in [-0.39, 0.29) is 29.0 Å². The monoisotopic (exact) mass is 420 g/mol. The molecule has 5 nitrogen and oxygen atoms in total. The minimum absolute atomic E-state index is 0.0806. The van der Waals surface area contributed by atoms with E-state index in [1.54, 1.807) is 25.1 Å². The number of phenolic OH excluding ortho intramolecular Hbond substituents is 1. The van der Waals surface area contributed by atoms with Crippen molar-refractivity contribution in [3.63, 3.8) is 0 Å². The van der Waals surface area contributed by atoms with Crippen LogP contribution < -0.4 is 5.32 Å². The topological polar surface area (TPSA) is 69.6 Å². The molecule has 1 heterocycles. The summed E-state index contributed by atoms with van der Waals surface area (Å²) < 4.78 is 0. The summed E-state index contributed by atoms with van der Waals surface area (Å²) >= 11 is 0. The number of hydrogen-bond donors (Lipinski definition) is 2. The summed E-state index contributed by atoms with van der Waals surface area (Å²) in [6.07, 6.45) is 4.46. The second-order valence-electron chi connectivity index (χ2n) is 9.61. The van der Waals surface area contributed by atoms with Gasteiger partial charge >= 0.3 is 0 Å². The Morgan fingerprint density at radius 3 is 2.42 bits per heavy atom. The maximum Gasteiger partial charge on any atom is 0.251 e. The first-order valence-corrected chi connectivity index (χ1v) is 11.2. The van der Waals surface area contributed by atoms with Crippen LogP contribution in [0.1, 0.15) is 58.3 Å². The smallest absolute Gasteiger partial charge is 0.251 e. The third-order valence-electron chi connectivity index (χ3n) is 7.09. The summed E-state index contributed by atoms with van der Waals surface area (Å²) in [4.78, 5) is 27.3. The molecule has 1 spiro atoms. The lowest BCUT2D eigenvalue weighted by molar-refractivity contribution is -0.145. The van der Waals surface area contributed by atoms with Gasteiger partial charge in [-0.1, -0.05) is 23.8 Å². The second-order valence-corrected chi connectivity index (χ2v) is 9.61. The molecule has 2 amide bonds. The van der Waals surface area contributed by atoms with Crippen LogP contribution in [0.2, 0.25) is 0 Å². The lowest BCUT2D eigenvalue weighted by atomic mass is 9.67. The highest BCUT2D eigenvalue weighted by Gasteiger charge is 2.46. The first-order chi connectivity index (χ1) is 14.7. The summed E-state index contributed by atoms with van der Waals surface area (Å²) in [5.74, 6) is 0.346. The standard InChI is InChI=1S/C26H32N2O3/c1-17-4-5-18(2)21(12-17)14-24(30)28-15-26(16-28)10-8-22(9-11-26)27-25(31)20-6-7-23(29)19(3)13-20/h4-7,12-13,22,29H,8-11,14-16H2,1-3H3,(H,27,31). The van der Waals surface area contributed by atoms with E-state index in [9.17, 15) is 14.7 Å². The molecule has 0 unspecified atom stereocenters. The molecule has 2 fully saturated rings. The van der Waals surface area contributed by atoms with Crippen molar-refractivity contribution in [1.82, 2.24) is 10.2 Å². The molecule has 1 aliphatic carbocycles. The van der Waals surface area contributed by atoms with Gasteiger partial charge in [0.2, 0.25) is 5.91 Å². The minimum atomic E-state index is -0.0806. The predicted octanol–water partition coefficient (Wildman–Crippen LogP) is 4.06. The van der Waals surface area contributed by atoms with Crippen molar-refractivity contribution in [3.05, 3.63) is 64.2 Å². The van der Waals surface area contributed by atoms with Gasteiger partial charge in [0, 0.05) is 30.1 Å². The predicted molar refractivity (Wildman–Crippen MR) is 121 cm³/mol. The fourth-order valence-corrected chi connectivity index (χ4v) is 4.96. The largest absolute Gasteiger partial charge is 0.508 e. The Hall–Kier alpha value is -2.82. The average Bonchev–Trinajstić information content (AvgIpc) is 2.71. The van der Waals surface area contributed by atoms with Gasteiger partial charge < -0.3 is 15.3 Å². The van der Waals surface area contributed by atoms with Crippen molar-refractivity contribution in [2.24, 2.45) is 5.41 Å². The molecule has 2 aromatic rings. The van der Waals surface area contributed by atoms with Crippen molar-refractivity contribution in [2.45, 2.75) is 58.9 Å². The van der Waals surface area contributed by atoms with E-state index in [4.69, 9.17) is 0 Å². The van der Waals surface area contributed by atoms with Crippen LogP contribution in [0.3, 0.4) is 0 Å². The minimum Gasteiger partial charge on any atom is -0.508 e. The zero-order chi connectivity index (χ0) is 22.2. The van der Waals surface area contributed by atoms with E-state index in [2.05, 4.69) is 37.4 Å². The molecule has 1 saturated heterocycles. The Kier molecular flexibility index (Phi) is 5.78. The van der Waals surface area contributed by atoms with Crippen LogP contribution in [-0.2, 0) is 11.2 Å². The summed E-state index contributed by atoms with van der Waals surface area (Å²) in [5, 5.41) is 12.8. The second kappa shape index (κ2) is 8.37. The number of rotatable bonds is 4. The summed E-state index contributed by atoms with van der Waals surface area (Å²) in [5.41, 5.74) is 5.01. The van der Waals surface area contributed by atoms with Crippen LogP contribution in [0.15, 0.2) is 36.4 Å². The highest BCUT2D eigenvalue weighted by atomic mass is 16.3. The van der Waals surface area contributed by atoms with Crippen LogP contribution in [0.5, 0.6) is 5.75 Å². The van der Waals surface area contributed by atoms with Crippen LogP contribution in [0, 0.1) is 26.2 Å². The van der Waals surface area contributed by atoms with Crippen LogP contribution in [-0.4, -0.2) is 41.0 Å². The van der Waals surface area contributed by atoms with E-state index in [1.807, 2.05) is 4.90 Å². The fraction of sp³-hybridized carbons (Fsp3) is 0.462. The lowest BCUT2D eigenvalue weighted by Crippen LogP contribution is -2.60. The van der Waals surface area contributed by atoms with E-state index in [0.29, 0.717) is 17.5 Å². The van der Waals surface area contributed by atoms with Crippen molar-refractivity contribution in [2.75, 3.05) is 13.1 Å². The third-order valence-corrected chi connectivity index (χ3v) is 7.09. The number of carbonyl (C=O) groups is 2. The van der Waals surface area contributed by atoms with Crippen LogP contribution >= 0.6 is 0 Å². The first-order valence-electron chi connectivity index (χ1n) is 11.2. The van der Waals surface area contributed by atoms with Gasteiger partial charge in [-0.2, -0.15) is 0 Å². The molecule has 4 rings (SSSR count). The average molecular weight is 421 g/mol. The van der Waals surface area contributed by atoms with Crippen molar-refractivity contribution < 1.29 is 14.7 Å². The SMILES string of the molecule is Cc1ccc(C)c(CC(=O)N2CC3(CCC(NC(=O)c4ccc(O)c(C)c4)CC3)C2)c1. The summed E-state index contributed by atoms with van der Waals surface area (Å²) in [6, 6.07) is 11.4. The maximum absolute atomic E-state index is 12.8. The van der Waals surface area contributed by atoms with Crippen LogP contribution in [0.4, 0.5) is 0 Å². The van der Waals surface area contributed by atoms with Gasteiger partial charge in [0.15, 0.2) is 0 Å². The van der Waals surface area contributed by atoms with Gasteiger partial charge in [-0.05, 0) is 81.3 Å². The Bertz CT molecular complexity index is 998. The summed E-state index contributed by atoms with van der Waals surface area (Å²) in [6.45, 7) is 7.60. The molecule has 5 heteroatoms. The molecular weight excluding hydrogens is 388 g/mol. The number of carbonyl (C=O) groups excluding carboxylic acids is 2. The normalized spacial score (nSPS) is 18.0. The molecule has 31 heavy (non-hydrogen) atoms. The number of phenols is 1. The highest BCUT2D eigenvalue weighted by molar-refractivity contribution is 5.94. The van der Waals surface area contributed by atoms with E-state index in [0.717, 1.165) is 44.3 Å². The van der Waals surface area contributed by atoms with Crippen LogP contribution in [0.25, 0.3) is 0 Å². The quantitative estimate of drug-likeness (QED) is 0.784. The van der Waals surface area contributed by atoms with Crippen molar-refractivity contribution in [1.29, 1.82) is 0 Å². The molecule has 0 radical (unpaired) electrons. The van der Waals surface area contributed by atoms with Gasteiger partial charge in [0.1, 0.15) is 5.75 Å². The summed E-state index contributed by atoms with van der Waals surface area (Å²) in [7, 11) is 0. The molecule has 0 aromatic heterocycles. The Labute approximate surface area is 184 Å². The zero-order valence-electron chi connectivity index (χ0n) is 18.7. The Morgan fingerprint density at radius 1 is 1.03 bits per heavy atom. The molecular formula is C26H32N2O3. The highest BCUT2D eigenvalue weighted by Crippen LogP contribution is 2.44. The fourth-order valence-electron chi connectivity index (χ4n) is 4.96. The lowest BCUT2D eigenvalue weighted by Gasteiger charge is -2.53. The van der Waals surface area contributed by atoms with Gasteiger partial charge in [-0.25, -0.2) is 0 Å². The van der Waals surface area contributed by atoms with Gasteiger partial charge in [0.05, 0.1) is 6.42 Å². The van der Waals surface area contributed by atoms with Gasteiger partial charge in [-0.15, -0.1) is 0 Å². The van der Waals surface area contributed by atoms with E-state index in [1.165, 1.54) is 11.1 Å². The molecule has 0 atom stereocenters. The number of nitrogens with zero attached hydrogens (tertiary/aromatic N) is 1. The van der Waals surface area contributed by atoms with Gasteiger partial charge in [-0.3, -0.25) is 9.59 Å². The zero-order valence-corrected chi connectivity index (χ0v) is 18.7. The van der Waals surface area contributed by atoms with Gasteiger partial charge in [0.25, 0.3) is 5.91 Å². The Balaban J connectivity index is 1.26.